The van der Waals surface area contributed by atoms with Gasteiger partial charge in [0.05, 0.1) is 51.9 Å². The van der Waals surface area contributed by atoms with Crippen molar-refractivity contribution in [2.24, 2.45) is 0 Å². The van der Waals surface area contributed by atoms with E-state index in [-0.39, 0.29) is 6.10 Å². The Morgan fingerprint density at radius 1 is 1.17 bits per heavy atom. The molecule has 1 N–H and O–H groups in total. The number of rotatable bonds is 14. The molecule has 8 heteroatoms. The molecule has 0 aromatic carbocycles. The fourth-order valence-corrected chi connectivity index (χ4v) is 1.83. The Balaban J connectivity index is 1.93. The molecule has 1 unspecified atom stereocenters. The Morgan fingerprint density at radius 2 is 1.91 bits per heavy atom. The summed E-state index contributed by atoms with van der Waals surface area (Å²) in [6.07, 6.45) is 2.08. The fraction of sp³-hybridized carbons (Fsp3) is 0.867. The Bertz CT molecular complexity index is 402. The van der Waals surface area contributed by atoms with E-state index in [1.807, 2.05) is 20.0 Å². The van der Waals surface area contributed by atoms with Gasteiger partial charge in [-0.15, -0.1) is 5.10 Å². The van der Waals surface area contributed by atoms with Crippen molar-refractivity contribution in [3.05, 3.63) is 11.9 Å². The van der Waals surface area contributed by atoms with Gasteiger partial charge in [0, 0.05) is 18.3 Å². The normalized spacial score (nSPS) is 12.9. The molecule has 0 aliphatic rings. The molecule has 0 spiro atoms. The minimum Gasteiger partial charge on any atom is -0.378 e. The molecule has 0 bridgehead atoms. The van der Waals surface area contributed by atoms with Gasteiger partial charge in [-0.1, -0.05) is 12.1 Å². The van der Waals surface area contributed by atoms with Crippen LogP contribution in [0.15, 0.2) is 6.20 Å². The maximum absolute atomic E-state index is 5.51. The number of ether oxygens (including phenoxy) is 3. The number of aromatic nitrogens is 3. The maximum atomic E-state index is 5.51. The lowest BCUT2D eigenvalue weighted by molar-refractivity contribution is 0.0449. The molecule has 1 heterocycles. The van der Waals surface area contributed by atoms with Crippen molar-refractivity contribution >= 4 is 12.6 Å². The summed E-state index contributed by atoms with van der Waals surface area (Å²) >= 11 is 4.29. The Kier molecular flexibility index (Phi) is 11.3. The Hall–Kier alpha value is -0.670. The van der Waals surface area contributed by atoms with E-state index in [0.717, 1.165) is 18.8 Å². The van der Waals surface area contributed by atoms with Gasteiger partial charge in [0.15, 0.2) is 0 Å². The third kappa shape index (κ3) is 11.5. The summed E-state index contributed by atoms with van der Waals surface area (Å²) in [5, 5.41) is 11.7. The van der Waals surface area contributed by atoms with Gasteiger partial charge in [-0.3, -0.25) is 0 Å². The summed E-state index contributed by atoms with van der Waals surface area (Å²) in [7, 11) is 0. The number of nitrogens with zero attached hydrogens (tertiary/aromatic N) is 3. The van der Waals surface area contributed by atoms with Crippen LogP contribution in [0.1, 0.15) is 26.5 Å². The second kappa shape index (κ2) is 12.7. The van der Waals surface area contributed by atoms with E-state index in [1.54, 1.807) is 4.68 Å². The Morgan fingerprint density at radius 3 is 2.61 bits per heavy atom. The molecule has 134 valence electrons. The monoisotopic (exact) mass is 346 g/mol. The molecule has 0 saturated carbocycles. The lowest BCUT2D eigenvalue weighted by atomic mass is 10.4. The summed E-state index contributed by atoms with van der Waals surface area (Å²) in [4.78, 5) is 0. The molecular weight excluding hydrogens is 316 g/mol. The molecule has 7 nitrogen and oxygen atoms in total. The van der Waals surface area contributed by atoms with E-state index >= 15 is 0 Å². The minimum atomic E-state index is 0.194. The van der Waals surface area contributed by atoms with Gasteiger partial charge in [0.1, 0.15) is 5.69 Å². The van der Waals surface area contributed by atoms with Crippen LogP contribution in [0.25, 0.3) is 0 Å². The SMILES string of the molecule is CC(S)CNCCOCCOCCn1cc(COC(C)C)nn1. The first-order valence-electron chi connectivity index (χ1n) is 8.12. The number of nitrogens with one attached hydrogen (secondary N) is 1. The van der Waals surface area contributed by atoms with E-state index < -0.39 is 0 Å². The average molecular weight is 346 g/mol. The standard InChI is InChI=1S/C15H30N4O3S/c1-13(2)22-12-15-11-19(18-17-15)5-7-21-9-8-20-6-4-16-10-14(3)23/h11,13-14,16,23H,4-10,12H2,1-3H3. The highest BCUT2D eigenvalue weighted by Crippen LogP contribution is 1.99. The molecule has 1 rings (SSSR count). The summed E-state index contributed by atoms with van der Waals surface area (Å²) in [5.41, 5.74) is 0.838. The number of thiol groups is 1. The van der Waals surface area contributed by atoms with Crippen molar-refractivity contribution in [2.75, 3.05) is 39.5 Å². The molecular formula is C15H30N4O3S. The van der Waals surface area contributed by atoms with E-state index in [2.05, 4.69) is 35.2 Å². The lowest BCUT2D eigenvalue weighted by Crippen LogP contribution is -2.25. The highest BCUT2D eigenvalue weighted by Gasteiger charge is 2.02. The molecule has 1 aromatic rings. The molecule has 0 aliphatic carbocycles. The van der Waals surface area contributed by atoms with E-state index in [4.69, 9.17) is 14.2 Å². The first-order valence-corrected chi connectivity index (χ1v) is 8.64. The van der Waals surface area contributed by atoms with Gasteiger partial charge < -0.3 is 19.5 Å². The molecule has 1 aromatic heterocycles. The summed E-state index contributed by atoms with van der Waals surface area (Å²) in [6.45, 7) is 11.4. The van der Waals surface area contributed by atoms with E-state index in [0.29, 0.717) is 44.8 Å². The first kappa shape index (κ1) is 20.4. The van der Waals surface area contributed by atoms with Crippen molar-refractivity contribution in [2.45, 2.75) is 45.3 Å². The van der Waals surface area contributed by atoms with Crippen molar-refractivity contribution in [1.29, 1.82) is 0 Å². The van der Waals surface area contributed by atoms with Crippen LogP contribution in [0, 0.1) is 0 Å². The average Bonchev–Trinajstić information content (AvgIpc) is 2.94. The van der Waals surface area contributed by atoms with E-state index in [1.165, 1.54) is 0 Å². The van der Waals surface area contributed by atoms with Crippen LogP contribution in [0.2, 0.25) is 0 Å². The summed E-state index contributed by atoms with van der Waals surface area (Å²) in [5.74, 6) is 0. The van der Waals surface area contributed by atoms with Gasteiger partial charge >= 0.3 is 0 Å². The second-order valence-electron chi connectivity index (χ2n) is 5.61. The molecule has 0 saturated heterocycles. The lowest BCUT2D eigenvalue weighted by Gasteiger charge is -2.08. The zero-order chi connectivity index (χ0) is 16.9. The highest BCUT2D eigenvalue weighted by atomic mass is 32.1. The molecule has 0 amide bonds. The van der Waals surface area contributed by atoms with Crippen molar-refractivity contribution in [3.63, 3.8) is 0 Å². The van der Waals surface area contributed by atoms with Gasteiger partial charge in [-0.25, -0.2) is 4.68 Å². The molecule has 0 aliphatic heterocycles. The molecule has 0 fully saturated rings. The van der Waals surface area contributed by atoms with Crippen LogP contribution in [0.3, 0.4) is 0 Å². The van der Waals surface area contributed by atoms with Crippen LogP contribution in [0.5, 0.6) is 0 Å². The summed E-state index contributed by atoms with van der Waals surface area (Å²) in [6, 6.07) is 0. The predicted molar refractivity (Wildman–Crippen MR) is 92.9 cm³/mol. The van der Waals surface area contributed by atoms with Crippen molar-refractivity contribution in [3.8, 4) is 0 Å². The van der Waals surface area contributed by atoms with Crippen molar-refractivity contribution in [1.82, 2.24) is 20.3 Å². The quantitative estimate of drug-likeness (QED) is 0.389. The third-order valence-corrected chi connectivity index (χ3v) is 3.03. The van der Waals surface area contributed by atoms with Crippen LogP contribution in [-0.2, 0) is 27.4 Å². The zero-order valence-electron chi connectivity index (χ0n) is 14.4. The maximum Gasteiger partial charge on any atom is 0.108 e. The van der Waals surface area contributed by atoms with Gasteiger partial charge in [-0.05, 0) is 13.8 Å². The predicted octanol–water partition coefficient (Wildman–Crippen LogP) is 1.14. The van der Waals surface area contributed by atoms with Crippen LogP contribution >= 0.6 is 12.6 Å². The van der Waals surface area contributed by atoms with Crippen LogP contribution in [0.4, 0.5) is 0 Å². The molecule has 1 atom stereocenters. The second-order valence-corrected chi connectivity index (χ2v) is 6.49. The van der Waals surface area contributed by atoms with Gasteiger partial charge in [0.2, 0.25) is 0 Å². The largest absolute Gasteiger partial charge is 0.378 e. The highest BCUT2D eigenvalue weighted by molar-refractivity contribution is 7.80. The smallest absolute Gasteiger partial charge is 0.108 e. The Labute approximate surface area is 144 Å². The molecule has 0 radical (unpaired) electrons. The topological polar surface area (TPSA) is 70.4 Å². The molecule has 23 heavy (non-hydrogen) atoms. The van der Waals surface area contributed by atoms with Crippen LogP contribution in [-0.4, -0.2) is 65.9 Å². The first-order chi connectivity index (χ1) is 11.1. The number of hydrogen-bond donors (Lipinski definition) is 2. The zero-order valence-corrected chi connectivity index (χ0v) is 15.3. The minimum absolute atomic E-state index is 0.194. The third-order valence-electron chi connectivity index (χ3n) is 2.85. The fourth-order valence-electron chi connectivity index (χ4n) is 1.70. The van der Waals surface area contributed by atoms with Gasteiger partial charge in [-0.2, -0.15) is 12.6 Å². The van der Waals surface area contributed by atoms with E-state index in [9.17, 15) is 0 Å². The van der Waals surface area contributed by atoms with Gasteiger partial charge in [0.25, 0.3) is 0 Å². The summed E-state index contributed by atoms with van der Waals surface area (Å²) < 4.78 is 18.2. The van der Waals surface area contributed by atoms with Crippen LogP contribution < -0.4 is 5.32 Å². The number of hydrogen-bond acceptors (Lipinski definition) is 7. The van der Waals surface area contributed by atoms with Crippen molar-refractivity contribution < 1.29 is 14.2 Å².